The first kappa shape index (κ1) is 30.5. The summed E-state index contributed by atoms with van der Waals surface area (Å²) in [5.41, 5.74) is 2.81. The lowest BCUT2D eigenvalue weighted by atomic mass is 10.0. The molecule has 9 heteroatoms. The van der Waals surface area contributed by atoms with Crippen LogP contribution in [0.4, 0.5) is 4.39 Å². The smallest absolute Gasteiger partial charge is 0.257 e. The molecule has 206 valence electrons. The van der Waals surface area contributed by atoms with Gasteiger partial charge < -0.3 is 19.9 Å². The topological polar surface area (TPSA) is 94.7 Å². The summed E-state index contributed by atoms with van der Waals surface area (Å²) >= 11 is 0. The Morgan fingerprint density at radius 3 is 2.29 bits per heavy atom. The monoisotopic (exact) mass is 526 g/mol. The minimum atomic E-state index is -0.244. The van der Waals surface area contributed by atoms with Crippen molar-refractivity contribution in [2.75, 3.05) is 27.2 Å². The summed E-state index contributed by atoms with van der Waals surface area (Å²) < 4.78 is 18.7. The van der Waals surface area contributed by atoms with Crippen LogP contribution in [-0.4, -0.2) is 72.2 Å². The summed E-state index contributed by atoms with van der Waals surface area (Å²) in [6.45, 7) is 11.6. The quantitative estimate of drug-likeness (QED) is 0.360. The first-order valence-corrected chi connectivity index (χ1v) is 12.8. The van der Waals surface area contributed by atoms with Crippen LogP contribution in [0.5, 0.6) is 5.75 Å². The first-order chi connectivity index (χ1) is 18.2. The van der Waals surface area contributed by atoms with Gasteiger partial charge in [0.2, 0.25) is 6.41 Å². The van der Waals surface area contributed by atoms with Crippen LogP contribution in [0, 0.1) is 5.82 Å². The molecule has 2 atom stereocenters. The lowest BCUT2D eigenvalue weighted by Crippen LogP contribution is -2.57. The Balaban J connectivity index is 0.000000773. The molecule has 0 bridgehead atoms. The number of piperazine rings is 1. The van der Waals surface area contributed by atoms with Gasteiger partial charge in [-0.25, -0.2) is 4.39 Å². The molecule has 1 aliphatic rings. The Labute approximate surface area is 224 Å². The van der Waals surface area contributed by atoms with Gasteiger partial charge in [0.05, 0.1) is 12.7 Å². The van der Waals surface area contributed by atoms with Crippen LogP contribution in [0.25, 0.3) is 10.9 Å². The van der Waals surface area contributed by atoms with Crippen LogP contribution in [0.15, 0.2) is 42.6 Å². The molecule has 4 rings (SSSR count). The maximum absolute atomic E-state index is 13.6. The second-order valence-corrected chi connectivity index (χ2v) is 8.97. The Morgan fingerprint density at radius 2 is 1.74 bits per heavy atom. The number of halogens is 1. The normalized spacial score (nSPS) is 17.0. The molecule has 1 saturated heterocycles. The van der Waals surface area contributed by atoms with Gasteiger partial charge in [-0.2, -0.15) is 0 Å². The fraction of sp³-hybridized carbons (Fsp3) is 0.414. The number of carbonyl (C=O) groups is 3. The highest BCUT2D eigenvalue weighted by Gasteiger charge is 2.33. The van der Waals surface area contributed by atoms with Gasteiger partial charge in [0.25, 0.3) is 5.91 Å². The van der Waals surface area contributed by atoms with E-state index in [-0.39, 0.29) is 29.6 Å². The second kappa shape index (κ2) is 14.3. The van der Waals surface area contributed by atoms with Crippen molar-refractivity contribution in [1.29, 1.82) is 0 Å². The van der Waals surface area contributed by atoms with E-state index in [1.165, 1.54) is 19.1 Å². The van der Waals surface area contributed by atoms with Crippen molar-refractivity contribution in [3.8, 4) is 5.75 Å². The lowest BCUT2D eigenvalue weighted by molar-refractivity contribution is -0.109. The van der Waals surface area contributed by atoms with Gasteiger partial charge in [-0.05, 0) is 44.5 Å². The third-order valence-corrected chi connectivity index (χ3v) is 6.40. The minimum Gasteiger partial charge on any atom is -0.496 e. The molecular weight excluding hydrogens is 487 g/mol. The molecule has 1 fully saturated rings. The molecule has 8 nitrogen and oxygen atoms in total. The van der Waals surface area contributed by atoms with Crippen molar-refractivity contribution in [2.45, 2.75) is 53.2 Å². The molecule has 1 aliphatic heterocycles. The number of ether oxygens (including phenoxy) is 1. The van der Waals surface area contributed by atoms with Gasteiger partial charge in [-0.15, -0.1) is 0 Å². The molecule has 0 radical (unpaired) electrons. The average molecular weight is 527 g/mol. The van der Waals surface area contributed by atoms with Crippen LogP contribution < -0.4 is 10.1 Å². The van der Waals surface area contributed by atoms with Crippen molar-refractivity contribution in [2.24, 2.45) is 0 Å². The first-order valence-electron chi connectivity index (χ1n) is 12.8. The Hall–Kier alpha value is -3.72. The third-order valence-electron chi connectivity index (χ3n) is 6.40. The Kier molecular flexibility index (Phi) is 11.5. The fourth-order valence-corrected chi connectivity index (χ4v) is 4.46. The van der Waals surface area contributed by atoms with Crippen LogP contribution in [0.2, 0.25) is 0 Å². The van der Waals surface area contributed by atoms with Crippen molar-refractivity contribution in [3.63, 3.8) is 0 Å². The number of Topliss-reactive ketones (excluding diaryl/α,β-unsaturated/α-hetero) is 1. The molecule has 3 aromatic rings. The summed E-state index contributed by atoms with van der Waals surface area (Å²) in [7, 11) is 3.10. The number of aromatic amines is 1. The number of carbonyl (C=O) groups excluding carboxylic acids is 3. The molecule has 0 spiro atoms. The van der Waals surface area contributed by atoms with Crippen molar-refractivity contribution >= 4 is 29.0 Å². The largest absolute Gasteiger partial charge is 0.496 e. The van der Waals surface area contributed by atoms with Crippen LogP contribution in [0.1, 0.15) is 60.9 Å². The van der Waals surface area contributed by atoms with E-state index in [1.807, 2.05) is 25.7 Å². The molecule has 0 saturated carbocycles. The summed E-state index contributed by atoms with van der Waals surface area (Å²) in [6, 6.07) is 10.2. The maximum Gasteiger partial charge on any atom is 0.257 e. The number of hydrogen-bond donors (Lipinski definition) is 2. The summed E-state index contributed by atoms with van der Waals surface area (Å²) in [4.78, 5) is 41.9. The van der Waals surface area contributed by atoms with E-state index in [2.05, 4.69) is 22.1 Å². The highest BCUT2D eigenvalue weighted by molar-refractivity contribution is 6.10. The van der Waals surface area contributed by atoms with Crippen molar-refractivity contribution in [3.05, 3.63) is 65.1 Å². The van der Waals surface area contributed by atoms with E-state index >= 15 is 0 Å². The average Bonchev–Trinajstić information content (AvgIpc) is 3.35. The van der Waals surface area contributed by atoms with Gasteiger partial charge in [0.1, 0.15) is 11.6 Å². The van der Waals surface area contributed by atoms with E-state index in [9.17, 15) is 14.0 Å². The number of ketones is 1. The Morgan fingerprint density at radius 1 is 1.11 bits per heavy atom. The molecule has 2 heterocycles. The van der Waals surface area contributed by atoms with E-state index in [0.717, 1.165) is 16.5 Å². The highest BCUT2D eigenvalue weighted by atomic mass is 19.1. The van der Waals surface area contributed by atoms with Crippen molar-refractivity contribution < 1.29 is 23.5 Å². The van der Waals surface area contributed by atoms with Crippen LogP contribution >= 0.6 is 0 Å². The van der Waals surface area contributed by atoms with Gasteiger partial charge in [-0.1, -0.05) is 26.0 Å². The molecule has 38 heavy (non-hydrogen) atoms. The predicted octanol–water partition coefficient (Wildman–Crippen LogP) is 4.64. The molecule has 2 amide bonds. The highest BCUT2D eigenvalue weighted by Crippen LogP contribution is 2.30. The number of rotatable bonds is 6. The number of amides is 2. The number of benzene rings is 2. The predicted molar refractivity (Wildman–Crippen MR) is 148 cm³/mol. The van der Waals surface area contributed by atoms with Crippen molar-refractivity contribution in [1.82, 2.24) is 20.1 Å². The molecule has 1 unspecified atom stereocenters. The van der Waals surface area contributed by atoms with E-state index < -0.39 is 0 Å². The molecular formula is C29H39FN4O4. The SMILES string of the molecule is CC.CNC=O.COc1cc2[nH]cc(C(C)=O)c2cc1C(=O)N1C[C@H](C)N(Cc2ccc(F)cc2)CC1C. The zero-order chi connectivity index (χ0) is 28.4. The standard InChI is InChI=1S/C25H28FN3O3.C2H5NO.C2H6/c1-15-13-29(16(2)12-28(15)14-18-5-7-19(26)8-6-18)25(31)21-9-20-22(17(3)30)11-27-23(20)10-24(21)32-4;1-3-2-4;1-2/h5-11,15-16,27H,12-14H2,1-4H3;2H,1H3,(H,3,4);1-2H3/t15-,16?;;/m0../s1. The number of methoxy groups -OCH3 is 1. The van der Waals surface area contributed by atoms with Gasteiger partial charge in [-0.3, -0.25) is 19.3 Å². The van der Waals surface area contributed by atoms with Gasteiger partial charge in [0, 0.05) is 67.5 Å². The summed E-state index contributed by atoms with van der Waals surface area (Å²) in [6.07, 6.45) is 2.29. The molecule has 0 aliphatic carbocycles. The molecule has 1 aromatic heterocycles. The number of aromatic nitrogens is 1. The Bertz CT molecular complexity index is 1230. The summed E-state index contributed by atoms with van der Waals surface area (Å²) in [5.74, 6) is 0.0661. The number of nitrogens with zero attached hydrogens (tertiary/aromatic N) is 2. The van der Waals surface area contributed by atoms with E-state index in [1.54, 1.807) is 44.6 Å². The van der Waals surface area contributed by atoms with E-state index in [4.69, 9.17) is 9.53 Å². The number of nitrogens with one attached hydrogen (secondary N) is 2. The lowest BCUT2D eigenvalue weighted by Gasteiger charge is -2.44. The number of H-pyrrole nitrogens is 1. The molecule has 2 N–H and O–H groups in total. The zero-order valence-electron chi connectivity index (χ0n) is 23.3. The maximum atomic E-state index is 13.6. The number of hydrogen-bond acceptors (Lipinski definition) is 5. The van der Waals surface area contributed by atoms with Gasteiger partial charge in [0.15, 0.2) is 5.78 Å². The second-order valence-electron chi connectivity index (χ2n) is 8.97. The van der Waals surface area contributed by atoms with Crippen LogP contribution in [0.3, 0.4) is 0 Å². The third kappa shape index (κ3) is 7.19. The van der Waals surface area contributed by atoms with E-state index in [0.29, 0.717) is 42.9 Å². The number of fused-ring (bicyclic) bond motifs is 1. The van der Waals surface area contributed by atoms with Crippen LogP contribution in [-0.2, 0) is 11.3 Å². The fourth-order valence-electron chi connectivity index (χ4n) is 4.46. The minimum absolute atomic E-state index is 0.0157. The summed E-state index contributed by atoms with van der Waals surface area (Å²) in [5, 5.41) is 2.97. The molecule has 2 aromatic carbocycles. The zero-order valence-corrected chi connectivity index (χ0v) is 23.3. The van der Waals surface area contributed by atoms with Gasteiger partial charge >= 0.3 is 0 Å².